The summed E-state index contributed by atoms with van der Waals surface area (Å²) in [6.07, 6.45) is 0.642. The Morgan fingerprint density at radius 1 is 1.05 bits per heavy atom. The average Bonchev–Trinajstić information content (AvgIpc) is 2.43. The Kier molecular flexibility index (Phi) is 4.43. The number of anilines is 1. The van der Waals surface area contributed by atoms with E-state index < -0.39 is 9.84 Å². The molecule has 0 saturated carbocycles. The zero-order valence-electron chi connectivity index (χ0n) is 11.1. The van der Waals surface area contributed by atoms with Crippen LogP contribution in [0.2, 0.25) is 0 Å². The standard InChI is InChI=1S/C15H19NO2S/c1-2-19(17,18)11-5-10-16-15-9-8-13-6-3-4-7-14(13)12-15/h3-4,6-9,12,16H,2,5,10-11H2,1H3. The Hall–Kier alpha value is -1.55. The van der Waals surface area contributed by atoms with Crippen molar-refractivity contribution in [3.8, 4) is 0 Å². The maximum absolute atomic E-state index is 11.4. The van der Waals surface area contributed by atoms with Gasteiger partial charge in [-0.3, -0.25) is 0 Å². The third-order valence-corrected chi connectivity index (χ3v) is 4.94. The first-order valence-corrected chi connectivity index (χ1v) is 8.36. The van der Waals surface area contributed by atoms with Gasteiger partial charge in [0.05, 0.1) is 5.75 Å². The molecule has 0 amide bonds. The fourth-order valence-electron chi connectivity index (χ4n) is 1.97. The number of hydrogen-bond donors (Lipinski definition) is 1. The van der Waals surface area contributed by atoms with E-state index in [2.05, 4.69) is 29.6 Å². The summed E-state index contributed by atoms with van der Waals surface area (Å²) in [7, 11) is -2.85. The van der Waals surface area contributed by atoms with E-state index in [0.717, 1.165) is 5.69 Å². The molecule has 0 bridgehead atoms. The van der Waals surface area contributed by atoms with Gasteiger partial charge in [0.1, 0.15) is 9.84 Å². The molecule has 1 N–H and O–H groups in total. The van der Waals surface area contributed by atoms with E-state index in [4.69, 9.17) is 0 Å². The molecule has 0 saturated heterocycles. The highest BCUT2D eigenvalue weighted by Crippen LogP contribution is 2.18. The van der Waals surface area contributed by atoms with Crippen LogP contribution in [-0.2, 0) is 9.84 Å². The van der Waals surface area contributed by atoms with Gasteiger partial charge >= 0.3 is 0 Å². The lowest BCUT2D eigenvalue weighted by Gasteiger charge is -2.07. The van der Waals surface area contributed by atoms with Crippen molar-refractivity contribution in [2.75, 3.05) is 23.4 Å². The summed E-state index contributed by atoms with van der Waals surface area (Å²) in [5.41, 5.74) is 1.03. The van der Waals surface area contributed by atoms with Crippen LogP contribution in [0.15, 0.2) is 42.5 Å². The molecule has 4 heteroatoms. The Balaban J connectivity index is 1.91. The molecule has 2 rings (SSSR count). The number of fused-ring (bicyclic) bond motifs is 1. The zero-order chi connectivity index (χ0) is 13.7. The van der Waals surface area contributed by atoms with Crippen LogP contribution in [0.3, 0.4) is 0 Å². The van der Waals surface area contributed by atoms with Crippen LogP contribution in [0.1, 0.15) is 13.3 Å². The summed E-state index contributed by atoms with van der Waals surface area (Å²) in [6.45, 7) is 2.36. The summed E-state index contributed by atoms with van der Waals surface area (Å²) in [5.74, 6) is 0.479. The van der Waals surface area contributed by atoms with Crippen molar-refractivity contribution >= 4 is 26.3 Å². The molecule has 0 unspecified atom stereocenters. The van der Waals surface area contributed by atoms with Gasteiger partial charge in [0.25, 0.3) is 0 Å². The van der Waals surface area contributed by atoms with Crippen molar-refractivity contribution in [1.82, 2.24) is 0 Å². The SMILES string of the molecule is CCS(=O)(=O)CCCNc1ccc2ccccc2c1. The fraction of sp³-hybridized carbons (Fsp3) is 0.333. The van der Waals surface area contributed by atoms with Gasteiger partial charge in [-0.05, 0) is 29.3 Å². The van der Waals surface area contributed by atoms with E-state index in [-0.39, 0.29) is 11.5 Å². The third kappa shape index (κ3) is 3.96. The largest absolute Gasteiger partial charge is 0.385 e. The topological polar surface area (TPSA) is 46.2 Å². The van der Waals surface area contributed by atoms with E-state index in [1.807, 2.05) is 18.2 Å². The second kappa shape index (κ2) is 6.06. The lowest BCUT2D eigenvalue weighted by atomic mass is 10.1. The molecule has 0 fully saturated rings. The molecule has 2 aromatic rings. The molecule has 0 aromatic heterocycles. The molecule has 0 aliphatic carbocycles. The van der Waals surface area contributed by atoms with Crippen LogP contribution in [0.5, 0.6) is 0 Å². The lowest BCUT2D eigenvalue weighted by molar-refractivity contribution is 0.595. The molecule has 3 nitrogen and oxygen atoms in total. The second-order valence-electron chi connectivity index (χ2n) is 4.58. The maximum atomic E-state index is 11.4. The van der Waals surface area contributed by atoms with Gasteiger partial charge in [-0.25, -0.2) is 8.42 Å². The molecule has 0 aliphatic rings. The van der Waals surface area contributed by atoms with Gasteiger partial charge in [-0.15, -0.1) is 0 Å². The van der Waals surface area contributed by atoms with Crippen molar-refractivity contribution in [2.45, 2.75) is 13.3 Å². The van der Waals surface area contributed by atoms with Gasteiger partial charge in [0.2, 0.25) is 0 Å². The Labute approximate surface area is 114 Å². The first-order chi connectivity index (χ1) is 9.11. The van der Waals surface area contributed by atoms with Crippen LogP contribution < -0.4 is 5.32 Å². The second-order valence-corrected chi connectivity index (χ2v) is 7.05. The van der Waals surface area contributed by atoms with E-state index in [0.29, 0.717) is 13.0 Å². The highest BCUT2D eigenvalue weighted by atomic mass is 32.2. The quantitative estimate of drug-likeness (QED) is 0.825. The highest BCUT2D eigenvalue weighted by Gasteiger charge is 2.06. The number of benzene rings is 2. The molecule has 0 atom stereocenters. The molecular weight excluding hydrogens is 258 g/mol. The van der Waals surface area contributed by atoms with Crippen LogP contribution in [0.25, 0.3) is 10.8 Å². The summed E-state index contributed by atoms with van der Waals surface area (Å²) in [4.78, 5) is 0. The summed E-state index contributed by atoms with van der Waals surface area (Å²) in [6, 6.07) is 14.4. The normalized spacial score (nSPS) is 11.6. The maximum Gasteiger partial charge on any atom is 0.150 e. The minimum Gasteiger partial charge on any atom is -0.385 e. The van der Waals surface area contributed by atoms with Crippen LogP contribution in [0.4, 0.5) is 5.69 Å². The van der Waals surface area contributed by atoms with Crippen LogP contribution in [0, 0.1) is 0 Å². The van der Waals surface area contributed by atoms with E-state index in [1.165, 1.54) is 10.8 Å². The van der Waals surface area contributed by atoms with Crippen molar-refractivity contribution in [1.29, 1.82) is 0 Å². The fourth-order valence-corrected chi connectivity index (χ4v) is 2.84. The van der Waals surface area contributed by atoms with Crippen LogP contribution >= 0.6 is 0 Å². The van der Waals surface area contributed by atoms with Gasteiger partial charge in [0, 0.05) is 18.0 Å². The van der Waals surface area contributed by atoms with Crippen molar-refractivity contribution in [3.05, 3.63) is 42.5 Å². The molecular formula is C15H19NO2S. The Morgan fingerprint density at radius 2 is 1.79 bits per heavy atom. The van der Waals surface area contributed by atoms with E-state index >= 15 is 0 Å². The summed E-state index contributed by atoms with van der Waals surface area (Å²) < 4.78 is 22.7. The summed E-state index contributed by atoms with van der Waals surface area (Å²) in [5, 5.41) is 5.67. The highest BCUT2D eigenvalue weighted by molar-refractivity contribution is 7.91. The Bertz CT molecular complexity index is 650. The van der Waals surface area contributed by atoms with Crippen LogP contribution in [-0.4, -0.2) is 26.5 Å². The van der Waals surface area contributed by atoms with Gasteiger partial charge in [0.15, 0.2) is 0 Å². The predicted molar refractivity (Wildman–Crippen MR) is 81.4 cm³/mol. The zero-order valence-corrected chi connectivity index (χ0v) is 11.9. The van der Waals surface area contributed by atoms with Crippen molar-refractivity contribution in [2.24, 2.45) is 0 Å². The number of rotatable bonds is 6. The first kappa shape index (κ1) is 13.9. The average molecular weight is 277 g/mol. The van der Waals surface area contributed by atoms with Gasteiger partial charge in [-0.1, -0.05) is 37.3 Å². The lowest BCUT2D eigenvalue weighted by Crippen LogP contribution is -2.12. The summed E-state index contributed by atoms with van der Waals surface area (Å²) >= 11 is 0. The van der Waals surface area contributed by atoms with E-state index in [1.54, 1.807) is 6.92 Å². The molecule has 19 heavy (non-hydrogen) atoms. The molecule has 102 valence electrons. The third-order valence-electron chi connectivity index (χ3n) is 3.15. The van der Waals surface area contributed by atoms with Crippen molar-refractivity contribution < 1.29 is 8.42 Å². The van der Waals surface area contributed by atoms with E-state index in [9.17, 15) is 8.42 Å². The van der Waals surface area contributed by atoms with Crippen molar-refractivity contribution in [3.63, 3.8) is 0 Å². The molecule has 0 radical (unpaired) electrons. The molecule has 0 aliphatic heterocycles. The van der Waals surface area contributed by atoms with Gasteiger partial charge < -0.3 is 5.32 Å². The molecule has 0 spiro atoms. The minimum atomic E-state index is -2.85. The number of hydrogen-bond acceptors (Lipinski definition) is 3. The monoisotopic (exact) mass is 277 g/mol. The smallest absolute Gasteiger partial charge is 0.150 e. The molecule has 0 heterocycles. The predicted octanol–water partition coefficient (Wildman–Crippen LogP) is 3.08. The molecule has 2 aromatic carbocycles. The first-order valence-electron chi connectivity index (χ1n) is 6.54. The minimum absolute atomic E-state index is 0.225. The number of sulfone groups is 1. The number of nitrogens with one attached hydrogen (secondary N) is 1. The van der Waals surface area contributed by atoms with Gasteiger partial charge in [-0.2, -0.15) is 0 Å². The Morgan fingerprint density at radius 3 is 2.53 bits per heavy atom.